The molecule has 0 aromatic heterocycles. The number of carbonyl (C=O) groups excluding carboxylic acids is 2. The van der Waals surface area contributed by atoms with Crippen molar-refractivity contribution >= 4 is 23.4 Å². The van der Waals surface area contributed by atoms with E-state index in [0.717, 1.165) is 17.7 Å². The molecule has 4 nitrogen and oxygen atoms in total. The molecule has 0 radical (unpaired) electrons. The summed E-state index contributed by atoms with van der Waals surface area (Å²) < 4.78 is 0. The summed E-state index contributed by atoms with van der Waals surface area (Å²) in [4.78, 5) is 28.4. The number of benzene rings is 2. The Labute approximate surface area is 116 Å². The second-order valence-electron chi connectivity index (χ2n) is 4.56. The highest BCUT2D eigenvalue weighted by molar-refractivity contribution is 6.10. The predicted octanol–water partition coefficient (Wildman–Crippen LogP) is 2.86. The Bertz CT molecular complexity index is 718. The Kier molecular flexibility index (Phi) is 3.15. The highest BCUT2D eigenvalue weighted by atomic mass is 16.2. The summed E-state index contributed by atoms with van der Waals surface area (Å²) >= 11 is 0. The molecule has 3 rings (SSSR count). The number of para-hydroxylation sites is 2. The first-order chi connectivity index (χ1) is 9.81. The average Bonchev–Trinajstić information content (AvgIpc) is 2.91. The van der Waals surface area contributed by atoms with Gasteiger partial charge < -0.3 is 4.90 Å². The molecule has 4 heteroatoms. The maximum Gasteiger partial charge on any atom is 0.260 e. The molecule has 0 saturated heterocycles. The lowest BCUT2D eigenvalue weighted by molar-refractivity contribution is 0.0990. The average molecular weight is 264 g/mol. The summed E-state index contributed by atoms with van der Waals surface area (Å²) in [6.07, 6.45) is 2.34. The van der Waals surface area contributed by atoms with Crippen LogP contribution in [0.2, 0.25) is 0 Å². The van der Waals surface area contributed by atoms with Crippen molar-refractivity contribution < 1.29 is 9.59 Å². The molecule has 0 bridgehead atoms. The number of amides is 1. The summed E-state index contributed by atoms with van der Waals surface area (Å²) in [5, 5.41) is 0. The first-order valence-corrected chi connectivity index (χ1v) is 6.38. The van der Waals surface area contributed by atoms with Crippen LogP contribution in [0.1, 0.15) is 15.9 Å². The molecule has 2 aromatic rings. The number of isocyanates is 1. The van der Waals surface area contributed by atoms with Crippen LogP contribution in [-0.4, -0.2) is 18.5 Å². The Balaban J connectivity index is 2.01. The van der Waals surface area contributed by atoms with Gasteiger partial charge in [0.25, 0.3) is 5.91 Å². The normalized spacial score (nSPS) is 12.7. The van der Waals surface area contributed by atoms with Gasteiger partial charge >= 0.3 is 0 Å². The van der Waals surface area contributed by atoms with E-state index in [-0.39, 0.29) is 5.91 Å². The van der Waals surface area contributed by atoms with Gasteiger partial charge in [-0.2, -0.15) is 4.99 Å². The number of rotatable bonds is 2. The van der Waals surface area contributed by atoms with E-state index in [0.29, 0.717) is 17.8 Å². The first kappa shape index (κ1) is 12.3. The van der Waals surface area contributed by atoms with E-state index in [1.54, 1.807) is 29.2 Å². The van der Waals surface area contributed by atoms with E-state index >= 15 is 0 Å². The van der Waals surface area contributed by atoms with Crippen LogP contribution in [0.15, 0.2) is 53.5 Å². The lowest BCUT2D eigenvalue weighted by Crippen LogP contribution is -2.28. The quantitative estimate of drug-likeness (QED) is 0.618. The van der Waals surface area contributed by atoms with Crippen molar-refractivity contribution in [2.45, 2.75) is 6.42 Å². The molecule has 0 fully saturated rings. The van der Waals surface area contributed by atoms with Crippen LogP contribution in [0.5, 0.6) is 0 Å². The number of aliphatic imine (C=N–C) groups is 1. The third-order valence-electron chi connectivity index (χ3n) is 3.43. The minimum atomic E-state index is -0.135. The summed E-state index contributed by atoms with van der Waals surface area (Å²) in [5.41, 5.74) is 2.88. The van der Waals surface area contributed by atoms with Gasteiger partial charge in [0, 0.05) is 12.2 Å². The highest BCUT2D eigenvalue weighted by Crippen LogP contribution is 2.30. The fourth-order valence-corrected chi connectivity index (χ4v) is 2.50. The Morgan fingerprint density at radius 2 is 1.85 bits per heavy atom. The number of hydrogen-bond acceptors (Lipinski definition) is 3. The van der Waals surface area contributed by atoms with E-state index in [4.69, 9.17) is 0 Å². The summed E-state index contributed by atoms with van der Waals surface area (Å²) in [5.74, 6) is -0.135. The highest BCUT2D eigenvalue weighted by Gasteiger charge is 2.26. The van der Waals surface area contributed by atoms with Crippen molar-refractivity contribution in [1.29, 1.82) is 0 Å². The van der Waals surface area contributed by atoms with Gasteiger partial charge in [0.05, 0.1) is 11.3 Å². The second-order valence-corrected chi connectivity index (χ2v) is 4.56. The number of hydrogen-bond donors (Lipinski definition) is 0. The minimum absolute atomic E-state index is 0.135. The van der Waals surface area contributed by atoms with Gasteiger partial charge in [0.15, 0.2) is 0 Å². The van der Waals surface area contributed by atoms with Gasteiger partial charge in [-0.1, -0.05) is 30.3 Å². The zero-order valence-electron chi connectivity index (χ0n) is 10.7. The van der Waals surface area contributed by atoms with Gasteiger partial charge in [-0.25, -0.2) is 4.79 Å². The molecule has 1 aliphatic rings. The first-order valence-electron chi connectivity index (χ1n) is 6.38. The van der Waals surface area contributed by atoms with Gasteiger partial charge in [-0.3, -0.25) is 4.79 Å². The molecular weight excluding hydrogens is 252 g/mol. The van der Waals surface area contributed by atoms with Crippen LogP contribution in [0.3, 0.4) is 0 Å². The van der Waals surface area contributed by atoms with Crippen LogP contribution in [0, 0.1) is 0 Å². The monoisotopic (exact) mass is 264 g/mol. The Morgan fingerprint density at radius 3 is 2.70 bits per heavy atom. The van der Waals surface area contributed by atoms with Crippen LogP contribution in [0.25, 0.3) is 0 Å². The molecule has 1 aliphatic heterocycles. The molecule has 0 atom stereocenters. The lowest BCUT2D eigenvalue weighted by Gasteiger charge is -2.18. The van der Waals surface area contributed by atoms with Crippen LogP contribution >= 0.6 is 0 Å². The van der Waals surface area contributed by atoms with Gasteiger partial charge in [0.1, 0.15) is 0 Å². The fourth-order valence-electron chi connectivity index (χ4n) is 2.50. The number of nitrogens with zero attached hydrogens (tertiary/aromatic N) is 2. The SMILES string of the molecule is O=C=Nc1ccccc1C(=O)N1CCc2ccccc21. The standard InChI is InChI=1S/C16H12N2O2/c19-11-17-14-7-3-2-6-13(14)16(20)18-10-9-12-5-1-4-8-15(12)18/h1-8H,9-10H2. The lowest BCUT2D eigenvalue weighted by atomic mass is 10.1. The number of carbonyl (C=O) groups is 1. The van der Waals surface area contributed by atoms with Gasteiger partial charge in [0.2, 0.25) is 6.08 Å². The molecule has 0 aliphatic carbocycles. The maximum atomic E-state index is 12.6. The predicted molar refractivity (Wildman–Crippen MR) is 76.0 cm³/mol. The van der Waals surface area contributed by atoms with Crippen LogP contribution in [0.4, 0.5) is 11.4 Å². The fraction of sp³-hybridized carbons (Fsp3) is 0.125. The zero-order chi connectivity index (χ0) is 13.9. The van der Waals surface area contributed by atoms with Crippen molar-refractivity contribution in [3.8, 4) is 0 Å². The Morgan fingerprint density at radius 1 is 1.10 bits per heavy atom. The van der Waals surface area contributed by atoms with E-state index in [1.165, 1.54) is 6.08 Å². The van der Waals surface area contributed by atoms with E-state index in [1.807, 2.05) is 24.3 Å². The molecule has 20 heavy (non-hydrogen) atoms. The van der Waals surface area contributed by atoms with Crippen LogP contribution in [-0.2, 0) is 11.2 Å². The van der Waals surface area contributed by atoms with Crippen molar-refractivity contribution in [2.24, 2.45) is 4.99 Å². The zero-order valence-corrected chi connectivity index (χ0v) is 10.7. The number of anilines is 1. The molecule has 0 saturated carbocycles. The van der Waals surface area contributed by atoms with Crippen LogP contribution < -0.4 is 4.90 Å². The third-order valence-corrected chi connectivity index (χ3v) is 3.43. The number of fused-ring (bicyclic) bond motifs is 1. The third kappa shape index (κ3) is 2.02. The molecule has 0 spiro atoms. The van der Waals surface area contributed by atoms with Gasteiger partial charge in [-0.15, -0.1) is 0 Å². The second kappa shape index (κ2) is 5.11. The van der Waals surface area contributed by atoms with E-state index < -0.39 is 0 Å². The summed E-state index contributed by atoms with van der Waals surface area (Å²) in [6, 6.07) is 14.7. The molecule has 98 valence electrons. The van der Waals surface area contributed by atoms with Gasteiger partial charge in [-0.05, 0) is 30.2 Å². The van der Waals surface area contributed by atoms with Crippen molar-refractivity contribution in [3.05, 3.63) is 59.7 Å². The molecule has 1 heterocycles. The molecular formula is C16H12N2O2. The molecule has 0 N–H and O–H groups in total. The summed E-state index contributed by atoms with van der Waals surface area (Å²) in [6.45, 7) is 0.650. The summed E-state index contributed by atoms with van der Waals surface area (Å²) in [7, 11) is 0. The van der Waals surface area contributed by atoms with E-state index in [9.17, 15) is 9.59 Å². The van der Waals surface area contributed by atoms with E-state index in [2.05, 4.69) is 4.99 Å². The Hall–Kier alpha value is -2.71. The largest absolute Gasteiger partial charge is 0.308 e. The smallest absolute Gasteiger partial charge is 0.260 e. The topological polar surface area (TPSA) is 49.7 Å². The molecule has 0 unspecified atom stereocenters. The van der Waals surface area contributed by atoms with Crippen molar-refractivity contribution in [3.63, 3.8) is 0 Å². The van der Waals surface area contributed by atoms with Crippen molar-refractivity contribution in [2.75, 3.05) is 11.4 Å². The maximum absolute atomic E-state index is 12.6. The molecule has 1 amide bonds. The minimum Gasteiger partial charge on any atom is -0.308 e. The van der Waals surface area contributed by atoms with Crippen molar-refractivity contribution in [1.82, 2.24) is 0 Å². The molecule has 2 aromatic carbocycles.